The molecule has 1 heterocycles. The van der Waals surface area contributed by atoms with Crippen LogP contribution in [0, 0.1) is 20.8 Å². The minimum atomic E-state index is -3.59. The Bertz CT molecular complexity index is 1290. The van der Waals surface area contributed by atoms with Gasteiger partial charge in [-0.25, -0.2) is 8.42 Å². The van der Waals surface area contributed by atoms with Crippen LogP contribution in [0.25, 0.3) is 11.1 Å². The predicted molar refractivity (Wildman–Crippen MR) is 141 cm³/mol. The van der Waals surface area contributed by atoms with Gasteiger partial charge in [-0.15, -0.1) is 0 Å². The standard InChI is InChI=1S/C28H33N3O3S/c1-20-18-21(2)27(22(3)19-20)35(33,34)31-16-14-30(15-17-31)23(4)28(32)29-26-13-9-8-12-25(26)24-10-6-5-7-11-24/h5-13,18-19,23H,14-17H2,1-4H3,(H,29,32). The molecule has 1 saturated heterocycles. The van der Waals surface area contributed by atoms with Crippen molar-refractivity contribution in [2.75, 3.05) is 31.5 Å². The Balaban J connectivity index is 1.43. The number of aryl methyl sites for hydroxylation is 3. The van der Waals surface area contributed by atoms with E-state index < -0.39 is 10.0 Å². The van der Waals surface area contributed by atoms with Crippen molar-refractivity contribution in [3.8, 4) is 11.1 Å². The van der Waals surface area contributed by atoms with Gasteiger partial charge in [-0.1, -0.05) is 66.2 Å². The van der Waals surface area contributed by atoms with Gasteiger partial charge >= 0.3 is 0 Å². The summed E-state index contributed by atoms with van der Waals surface area (Å²) in [5.74, 6) is -0.102. The number of anilines is 1. The third-order valence-electron chi connectivity index (χ3n) is 6.67. The number of carbonyl (C=O) groups excluding carboxylic acids is 1. The summed E-state index contributed by atoms with van der Waals surface area (Å²) in [4.78, 5) is 15.6. The average molecular weight is 492 g/mol. The number of benzene rings is 3. The molecule has 1 unspecified atom stereocenters. The quantitative estimate of drug-likeness (QED) is 0.547. The van der Waals surface area contributed by atoms with Crippen LogP contribution in [0.3, 0.4) is 0 Å². The number of rotatable bonds is 6. The van der Waals surface area contributed by atoms with E-state index in [1.165, 1.54) is 0 Å². The minimum Gasteiger partial charge on any atom is -0.324 e. The van der Waals surface area contributed by atoms with Crippen molar-refractivity contribution in [2.24, 2.45) is 0 Å². The van der Waals surface area contributed by atoms with Crippen LogP contribution in [-0.2, 0) is 14.8 Å². The van der Waals surface area contributed by atoms with Gasteiger partial charge in [0.1, 0.15) is 0 Å². The fraction of sp³-hybridized carbons (Fsp3) is 0.321. The largest absolute Gasteiger partial charge is 0.324 e. The SMILES string of the molecule is Cc1cc(C)c(S(=O)(=O)N2CCN(C(C)C(=O)Nc3ccccc3-c3ccccc3)CC2)c(C)c1. The van der Waals surface area contributed by atoms with Crippen LogP contribution in [0.2, 0.25) is 0 Å². The summed E-state index contributed by atoms with van der Waals surface area (Å²) in [5, 5.41) is 3.08. The Hall–Kier alpha value is -3.00. The van der Waals surface area contributed by atoms with Gasteiger partial charge in [0.15, 0.2) is 0 Å². The highest BCUT2D eigenvalue weighted by Crippen LogP contribution is 2.29. The number of nitrogens with one attached hydrogen (secondary N) is 1. The molecule has 1 aliphatic heterocycles. The molecule has 0 bridgehead atoms. The highest BCUT2D eigenvalue weighted by Gasteiger charge is 2.33. The van der Waals surface area contributed by atoms with E-state index >= 15 is 0 Å². The summed E-state index contributed by atoms with van der Waals surface area (Å²) >= 11 is 0. The summed E-state index contributed by atoms with van der Waals surface area (Å²) in [5.41, 5.74) is 5.37. The molecule has 1 amide bonds. The fourth-order valence-corrected chi connectivity index (χ4v) is 6.73. The molecule has 1 atom stereocenters. The molecule has 6 nitrogen and oxygen atoms in total. The van der Waals surface area contributed by atoms with E-state index in [2.05, 4.69) is 5.32 Å². The second-order valence-corrected chi connectivity index (χ2v) is 11.1. The van der Waals surface area contributed by atoms with Crippen molar-refractivity contribution in [2.45, 2.75) is 38.6 Å². The third kappa shape index (κ3) is 5.32. The first-order valence-electron chi connectivity index (χ1n) is 12.0. The highest BCUT2D eigenvalue weighted by atomic mass is 32.2. The van der Waals surface area contributed by atoms with Crippen molar-refractivity contribution in [1.82, 2.24) is 9.21 Å². The van der Waals surface area contributed by atoms with Gasteiger partial charge in [-0.05, 0) is 50.5 Å². The maximum atomic E-state index is 13.4. The monoisotopic (exact) mass is 491 g/mol. The van der Waals surface area contributed by atoms with E-state index in [-0.39, 0.29) is 11.9 Å². The van der Waals surface area contributed by atoms with Crippen LogP contribution in [0.15, 0.2) is 71.6 Å². The summed E-state index contributed by atoms with van der Waals surface area (Å²) < 4.78 is 28.3. The molecule has 1 aliphatic rings. The van der Waals surface area contributed by atoms with Crippen LogP contribution in [0.1, 0.15) is 23.6 Å². The molecule has 0 aromatic heterocycles. The zero-order valence-electron chi connectivity index (χ0n) is 20.8. The fourth-order valence-electron chi connectivity index (χ4n) is 4.90. The lowest BCUT2D eigenvalue weighted by Gasteiger charge is -2.37. The molecule has 3 aromatic rings. The van der Waals surface area contributed by atoms with Crippen LogP contribution < -0.4 is 5.32 Å². The number of piperazine rings is 1. The minimum absolute atomic E-state index is 0.102. The molecule has 4 rings (SSSR count). The molecule has 3 aromatic carbocycles. The first-order valence-corrected chi connectivity index (χ1v) is 13.4. The molecule has 35 heavy (non-hydrogen) atoms. The van der Waals surface area contributed by atoms with Gasteiger partial charge in [-0.2, -0.15) is 4.31 Å². The Labute approximate surface area is 208 Å². The molecule has 7 heteroatoms. The first kappa shape index (κ1) is 25.1. The predicted octanol–water partition coefficient (Wildman–Crippen LogP) is 4.61. The van der Waals surface area contributed by atoms with Crippen molar-refractivity contribution < 1.29 is 13.2 Å². The van der Waals surface area contributed by atoms with E-state index in [9.17, 15) is 13.2 Å². The van der Waals surface area contributed by atoms with Crippen molar-refractivity contribution in [1.29, 1.82) is 0 Å². The number of carbonyl (C=O) groups is 1. The molecule has 1 fully saturated rings. The van der Waals surface area contributed by atoms with Crippen LogP contribution >= 0.6 is 0 Å². The van der Waals surface area contributed by atoms with Gasteiger partial charge in [-0.3, -0.25) is 9.69 Å². The number of sulfonamides is 1. The molecular formula is C28H33N3O3S. The summed E-state index contributed by atoms with van der Waals surface area (Å²) in [6.45, 7) is 9.25. The second-order valence-electron chi connectivity index (χ2n) is 9.24. The summed E-state index contributed by atoms with van der Waals surface area (Å²) in [6, 6.07) is 21.2. The Morgan fingerprint density at radius 2 is 1.43 bits per heavy atom. The summed E-state index contributed by atoms with van der Waals surface area (Å²) in [6.07, 6.45) is 0. The molecule has 0 spiro atoms. The normalized spacial score (nSPS) is 16.1. The van der Waals surface area contributed by atoms with E-state index in [0.29, 0.717) is 31.1 Å². The number of hydrogen-bond donors (Lipinski definition) is 1. The maximum absolute atomic E-state index is 13.4. The summed E-state index contributed by atoms with van der Waals surface area (Å²) in [7, 11) is -3.59. The number of amides is 1. The van der Waals surface area contributed by atoms with Gasteiger partial charge in [0.25, 0.3) is 0 Å². The van der Waals surface area contributed by atoms with Crippen molar-refractivity contribution in [3.63, 3.8) is 0 Å². The van der Waals surface area contributed by atoms with Crippen LogP contribution in [0.5, 0.6) is 0 Å². The zero-order valence-corrected chi connectivity index (χ0v) is 21.6. The Morgan fingerprint density at radius 1 is 0.857 bits per heavy atom. The lowest BCUT2D eigenvalue weighted by Crippen LogP contribution is -2.54. The average Bonchev–Trinajstić information content (AvgIpc) is 2.83. The lowest BCUT2D eigenvalue weighted by atomic mass is 10.0. The topological polar surface area (TPSA) is 69.7 Å². The van der Waals surface area contributed by atoms with Gasteiger partial charge in [0.2, 0.25) is 15.9 Å². The number of hydrogen-bond acceptors (Lipinski definition) is 4. The first-order chi connectivity index (χ1) is 16.7. The molecule has 0 saturated carbocycles. The molecule has 0 radical (unpaired) electrons. The van der Waals surface area contributed by atoms with Gasteiger partial charge in [0.05, 0.1) is 10.9 Å². The van der Waals surface area contributed by atoms with Crippen LogP contribution in [0.4, 0.5) is 5.69 Å². The Morgan fingerprint density at radius 3 is 2.06 bits per heavy atom. The smallest absolute Gasteiger partial charge is 0.243 e. The van der Waals surface area contributed by atoms with Crippen molar-refractivity contribution in [3.05, 3.63) is 83.4 Å². The lowest BCUT2D eigenvalue weighted by molar-refractivity contribution is -0.121. The number of nitrogens with zero attached hydrogens (tertiary/aromatic N) is 2. The number of para-hydroxylation sites is 1. The zero-order chi connectivity index (χ0) is 25.2. The van der Waals surface area contributed by atoms with Crippen molar-refractivity contribution >= 4 is 21.6 Å². The third-order valence-corrected chi connectivity index (χ3v) is 8.88. The molecule has 0 aliphatic carbocycles. The highest BCUT2D eigenvalue weighted by molar-refractivity contribution is 7.89. The van der Waals surface area contributed by atoms with E-state index in [4.69, 9.17) is 0 Å². The second kappa shape index (κ2) is 10.3. The molecule has 184 valence electrons. The maximum Gasteiger partial charge on any atom is 0.243 e. The van der Waals surface area contributed by atoms with E-state index in [0.717, 1.165) is 33.5 Å². The van der Waals surface area contributed by atoms with Crippen LogP contribution in [-0.4, -0.2) is 55.8 Å². The molecular weight excluding hydrogens is 458 g/mol. The van der Waals surface area contributed by atoms with Gasteiger partial charge in [0, 0.05) is 37.4 Å². The Kier molecular flexibility index (Phi) is 7.40. The van der Waals surface area contributed by atoms with E-state index in [1.54, 1.807) is 4.31 Å². The van der Waals surface area contributed by atoms with E-state index in [1.807, 2.05) is 99.3 Å². The molecule has 1 N–H and O–H groups in total. The van der Waals surface area contributed by atoms with Gasteiger partial charge < -0.3 is 5.32 Å².